The molecular formula is C21H18F3N3O3S. The summed E-state index contributed by atoms with van der Waals surface area (Å²) < 4.78 is 64.5. The van der Waals surface area contributed by atoms with E-state index in [1.54, 1.807) is 0 Å². The molecule has 1 N–H and O–H groups in total. The summed E-state index contributed by atoms with van der Waals surface area (Å²) in [5.74, 6) is -0.717. The maximum absolute atomic E-state index is 12.7. The Labute approximate surface area is 177 Å². The molecule has 10 heteroatoms. The van der Waals surface area contributed by atoms with Crippen LogP contribution in [-0.2, 0) is 22.7 Å². The number of rotatable bonds is 6. The van der Waals surface area contributed by atoms with Gasteiger partial charge in [0.1, 0.15) is 5.69 Å². The van der Waals surface area contributed by atoms with E-state index in [2.05, 4.69) is 10.3 Å². The molecule has 0 spiro atoms. The maximum atomic E-state index is 12.7. The van der Waals surface area contributed by atoms with Gasteiger partial charge >= 0.3 is 6.18 Å². The van der Waals surface area contributed by atoms with Gasteiger partial charge in [0.25, 0.3) is 5.91 Å². The fourth-order valence-corrected chi connectivity index (χ4v) is 3.87. The Morgan fingerprint density at radius 1 is 1.00 bits per heavy atom. The average Bonchev–Trinajstić information content (AvgIpc) is 2.74. The fourth-order valence-electron chi connectivity index (χ4n) is 2.71. The van der Waals surface area contributed by atoms with E-state index in [0.717, 1.165) is 17.7 Å². The van der Waals surface area contributed by atoms with Crippen molar-refractivity contribution in [3.8, 4) is 0 Å². The second kappa shape index (κ2) is 8.86. The van der Waals surface area contributed by atoms with Gasteiger partial charge in [-0.15, -0.1) is 0 Å². The topological polar surface area (TPSA) is 79.4 Å². The minimum atomic E-state index is -4.54. The smallest absolute Gasteiger partial charge is 0.321 e. The number of nitrogens with zero attached hydrogens (tertiary/aromatic N) is 2. The van der Waals surface area contributed by atoms with Gasteiger partial charge in [-0.1, -0.05) is 30.3 Å². The van der Waals surface area contributed by atoms with E-state index < -0.39 is 27.7 Å². The van der Waals surface area contributed by atoms with E-state index in [0.29, 0.717) is 6.20 Å². The SMILES string of the molecule is CN(Cc1ccccc1)S(=O)(=O)c1ccc(NC(=O)c2ccc(C(F)(F)F)cn2)cc1. The normalized spacial score (nSPS) is 12.0. The first kappa shape index (κ1) is 22.4. The highest BCUT2D eigenvalue weighted by Crippen LogP contribution is 2.28. The third kappa shape index (κ3) is 5.47. The van der Waals surface area contributed by atoms with E-state index in [1.807, 2.05) is 30.3 Å². The van der Waals surface area contributed by atoms with Gasteiger partial charge in [0, 0.05) is 25.5 Å². The van der Waals surface area contributed by atoms with Gasteiger partial charge in [-0.05, 0) is 42.0 Å². The van der Waals surface area contributed by atoms with Crippen molar-refractivity contribution in [2.24, 2.45) is 0 Å². The lowest BCUT2D eigenvalue weighted by Crippen LogP contribution is -2.26. The Balaban J connectivity index is 1.68. The van der Waals surface area contributed by atoms with Crippen LogP contribution in [0.1, 0.15) is 21.6 Å². The molecule has 0 aliphatic rings. The second-order valence-corrected chi connectivity index (χ2v) is 8.70. The molecule has 0 aliphatic carbocycles. The number of halogens is 3. The average molecular weight is 449 g/mol. The van der Waals surface area contributed by atoms with Crippen LogP contribution in [0.2, 0.25) is 0 Å². The monoisotopic (exact) mass is 449 g/mol. The Morgan fingerprint density at radius 2 is 1.65 bits per heavy atom. The van der Waals surface area contributed by atoms with Gasteiger partial charge in [-0.25, -0.2) is 8.42 Å². The number of hydrogen-bond donors (Lipinski definition) is 1. The predicted molar refractivity (Wildman–Crippen MR) is 109 cm³/mol. The number of carbonyl (C=O) groups excluding carboxylic acids is 1. The maximum Gasteiger partial charge on any atom is 0.417 e. The largest absolute Gasteiger partial charge is 0.417 e. The van der Waals surface area contributed by atoms with Crippen LogP contribution in [0.3, 0.4) is 0 Å². The van der Waals surface area contributed by atoms with Crippen molar-refractivity contribution in [3.63, 3.8) is 0 Å². The number of anilines is 1. The van der Waals surface area contributed by atoms with Crippen LogP contribution >= 0.6 is 0 Å². The summed E-state index contributed by atoms with van der Waals surface area (Å²) in [5.41, 5.74) is -0.0524. The number of carbonyl (C=O) groups is 1. The van der Waals surface area contributed by atoms with Crippen LogP contribution in [0, 0.1) is 0 Å². The lowest BCUT2D eigenvalue weighted by Gasteiger charge is -2.17. The van der Waals surface area contributed by atoms with Crippen LogP contribution < -0.4 is 5.32 Å². The summed E-state index contributed by atoms with van der Waals surface area (Å²) in [5, 5.41) is 2.47. The van der Waals surface area contributed by atoms with Crippen molar-refractivity contribution in [1.82, 2.24) is 9.29 Å². The molecular weight excluding hydrogens is 431 g/mol. The second-order valence-electron chi connectivity index (χ2n) is 6.66. The predicted octanol–water partition coefficient (Wildman–Crippen LogP) is 4.17. The van der Waals surface area contributed by atoms with Gasteiger partial charge < -0.3 is 5.32 Å². The molecule has 0 fully saturated rings. The molecule has 0 aliphatic heterocycles. The van der Waals surface area contributed by atoms with Crippen LogP contribution in [-0.4, -0.2) is 30.7 Å². The lowest BCUT2D eigenvalue weighted by atomic mass is 10.2. The van der Waals surface area contributed by atoms with Crippen LogP contribution in [0.15, 0.2) is 77.8 Å². The summed E-state index contributed by atoms with van der Waals surface area (Å²) in [6, 6.07) is 16.3. The van der Waals surface area contributed by atoms with Gasteiger partial charge in [0.05, 0.1) is 10.5 Å². The highest BCUT2D eigenvalue weighted by atomic mass is 32.2. The molecule has 1 amide bonds. The number of aromatic nitrogens is 1. The molecule has 0 bridgehead atoms. The Hall–Kier alpha value is -3.24. The third-order valence-electron chi connectivity index (χ3n) is 4.39. The number of alkyl halides is 3. The van der Waals surface area contributed by atoms with Crippen LogP contribution in [0.25, 0.3) is 0 Å². The highest BCUT2D eigenvalue weighted by Gasteiger charge is 2.31. The number of sulfonamides is 1. The molecule has 1 heterocycles. The number of benzene rings is 2. The Morgan fingerprint density at radius 3 is 2.19 bits per heavy atom. The molecule has 3 rings (SSSR count). The standard InChI is InChI=1S/C21H18F3N3O3S/c1-27(14-15-5-3-2-4-6-15)31(29,30)18-10-8-17(9-11-18)26-20(28)19-12-7-16(13-25-19)21(22,23)24/h2-13H,14H2,1H3,(H,26,28). The summed E-state index contributed by atoms with van der Waals surface area (Å²) in [6.07, 6.45) is -3.97. The molecule has 2 aromatic carbocycles. The van der Waals surface area contributed by atoms with Crippen molar-refractivity contribution in [3.05, 3.63) is 89.7 Å². The summed E-state index contributed by atoms with van der Waals surface area (Å²) in [4.78, 5) is 15.8. The van der Waals surface area contributed by atoms with Gasteiger partial charge in [-0.3, -0.25) is 9.78 Å². The van der Waals surface area contributed by atoms with E-state index in [4.69, 9.17) is 0 Å². The zero-order valence-electron chi connectivity index (χ0n) is 16.3. The molecule has 0 saturated heterocycles. The van der Waals surface area contributed by atoms with Crippen LogP contribution in [0.4, 0.5) is 18.9 Å². The number of pyridine rings is 1. The van der Waals surface area contributed by atoms with Gasteiger partial charge in [0.2, 0.25) is 10.0 Å². The van der Waals surface area contributed by atoms with E-state index in [1.165, 1.54) is 35.6 Å². The molecule has 0 radical (unpaired) electrons. The van der Waals surface area contributed by atoms with Gasteiger partial charge in [-0.2, -0.15) is 17.5 Å². The minimum absolute atomic E-state index is 0.0385. The number of nitrogens with one attached hydrogen (secondary N) is 1. The first-order valence-corrected chi connectivity index (χ1v) is 10.5. The van der Waals surface area contributed by atoms with Gasteiger partial charge in [0.15, 0.2) is 0 Å². The molecule has 6 nitrogen and oxygen atoms in total. The number of amides is 1. The molecule has 0 unspecified atom stereocenters. The first-order chi connectivity index (χ1) is 14.6. The van der Waals surface area contributed by atoms with Crippen LogP contribution in [0.5, 0.6) is 0 Å². The van der Waals surface area contributed by atoms with Crippen molar-refractivity contribution < 1.29 is 26.4 Å². The van der Waals surface area contributed by atoms with Crippen molar-refractivity contribution in [2.45, 2.75) is 17.6 Å². The molecule has 0 atom stereocenters. The van der Waals surface area contributed by atoms with E-state index >= 15 is 0 Å². The van der Waals surface area contributed by atoms with Crippen molar-refractivity contribution >= 4 is 21.6 Å². The minimum Gasteiger partial charge on any atom is -0.321 e. The zero-order chi connectivity index (χ0) is 22.6. The summed E-state index contributed by atoms with van der Waals surface area (Å²) >= 11 is 0. The van der Waals surface area contributed by atoms with E-state index in [9.17, 15) is 26.4 Å². The number of hydrogen-bond acceptors (Lipinski definition) is 4. The lowest BCUT2D eigenvalue weighted by molar-refractivity contribution is -0.137. The molecule has 0 saturated carbocycles. The quantitative estimate of drug-likeness (QED) is 0.613. The molecule has 162 valence electrons. The van der Waals surface area contributed by atoms with Crippen molar-refractivity contribution in [1.29, 1.82) is 0 Å². The third-order valence-corrected chi connectivity index (χ3v) is 6.21. The van der Waals surface area contributed by atoms with E-state index in [-0.39, 0.29) is 22.8 Å². The summed E-state index contributed by atoms with van der Waals surface area (Å²) in [6.45, 7) is 0.196. The highest BCUT2D eigenvalue weighted by molar-refractivity contribution is 7.89. The Bertz CT molecular complexity index is 1150. The molecule has 3 aromatic rings. The Kier molecular flexibility index (Phi) is 6.42. The zero-order valence-corrected chi connectivity index (χ0v) is 17.1. The molecule has 1 aromatic heterocycles. The summed E-state index contributed by atoms with van der Waals surface area (Å²) in [7, 11) is -2.29. The first-order valence-electron chi connectivity index (χ1n) is 9.02. The fraction of sp³-hybridized carbons (Fsp3) is 0.143. The van der Waals surface area contributed by atoms with Crippen molar-refractivity contribution in [2.75, 3.05) is 12.4 Å². The molecule has 31 heavy (non-hydrogen) atoms.